The molecule has 1 heterocycles. The highest BCUT2D eigenvalue weighted by atomic mass is 16.6. The third-order valence-electron chi connectivity index (χ3n) is 2.35. The Bertz CT molecular complexity index is 633. The third kappa shape index (κ3) is 1.84. The summed E-state index contributed by atoms with van der Waals surface area (Å²) in [5, 5.41) is 10.9. The van der Waals surface area contributed by atoms with Crippen LogP contribution in [0.4, 0.5) is 5.69 Å². The standard InChI is InChI=1S/C11H10N2O4/c1-2-17-9-5-3-4-7-10(9)11(14)8(6-12-7)13(15)16/h3-6H,2H2,1H3,(H,12,14). The predicted molar refractivity (Wildman–Crippen MR) is 62.4 cm³/mol. The van der Waals surface area contributed by atoms with Gasteiger partial charge in [-0.15, -0.1) is 0 Å². The lowest BCUT2D eigenvalue weighted by atomic mass is 10.2. The molecular formula is C11H10N2O4. The molecule has 0 saturated carbocycles. The van der Waals surface area contributed by atoms with E-state index in [1.54, 1.807) is 25.1 Å². The Kier molecular flexibility index (Phi) is 2.78. The lowest BCUT2D eigenvalue weighted by Gasteiger charge is -2.06. The van der Waals surface area contributed by atoms with E-state index in [0.29, 0.717) is 17.9 Å². The quantitative estimate of drug-likeness (QED) is 0.648. The predicted octanol–water partition coefficient (Wildman–Crippen LogP) is 1.83. The Morgan fingerprint density at radius 1 is 1.47 bits per heavy atom. The van der Waals surface area contributed by atoms with E-state index in [-0.39, 0.29) is 5.39 Å². The number of aromatic amines is 1. The maximum absolute atomic E-state index is 11.9. The monoisotopic (exact) mass is 234 g/mol. The highest BCUT2D eigenvalue weighted by Gasteiger charge is 2.17. The summed E-state index contributed by atoms with van der Waals surface area (Å²) in [5.41, 5.74) is -0.594. The van der Waals surface area contributed by atoms with Crippen molar-refractivity contribution in [2.24, 2.45) is 0 Å². The van der Waals surface area contributed by atoms with Gasteiger partial charge in [0.25, 0.3) is 5.43 Å². The van der Waals surface area contributed by atoms with E-state index in [0.717, 1.165) is 6.20 Å². The molecule has 1 aromatic heterocycles. The van der Waals surface area contributed by atoms with E-state index < -0.39 is 16.0 Å². The largest absolute Gasteiger partial charge is 0.493 e. The van der Waals surface area contributed by atoms with Crippen LogP contribution >= 0.6 is 0 Å². The van der Waals surface area contributed by atoms with Gasteiger partial charge in [0.2, 0.25) is 0 Å². The lowest BCUT2D eigenvalue weighted by molar-refractivity contribution is -0.386. The number of ether oxygens (including phenoxy) is 1. The van der Waals surface area contributed by atoms with Crippen LogP contribution < -0.4 is 10.2 Å². The summed E-state index contributed by atoms with van der Waals surface area (Å²) in [6, 6.07) is 5.00. The maximum atomic E-state index is 11.9. The minimum atomic E-state index is -0.707. The molecule has 0 radical (unpaired) electrons. The fourth-order valence-electron chi connectivity index (χ4n) is 1.64. The SMILES string of the molecule is CCOc1cccc2[nH]cc([N+](=O)[O-])c(=O)c12. The highest BCUT2D eigenvalue weighted by molar-refractivity contribution is 5.86. The van der Waals surface area contributed by atoms with Crippen molar-refractivity contribution in [1.82, 2.24) is 4.98 Å². The van der Waals surface area contributed by atoms with Crippen molar-refractivity contribution in [2.75, 3.05) is 6.61 Å². The number of aromatic nitrogens is 1. The van der Waals surface area contributed by atoms with Crippen LogP contribution in [0.3, 0.4) is 0 Å². The highest BCUT2D eigenvalue weighted by Crippen LogP contribution is 2.22. The molecule has 0 bridgehead atoms. The van der Waals surface area contributed by atoms with E-state index in [1.807, 2.05) is 0 Å². The van der Waals surface area contributed by atoms with Crippen LogP contribution in [0.5, 0.6) is 5.75 Å². The first-order chi connectivity index (χ1) is 8.15. The van der Waals surface area contributed by atoms with Gasteiger partial charge in [-0.3, -0.25) is 14.9 Å². The van der Waals surface area contributed by atoms with Gasteiger partial charge in [-0.25, -0.2) is 0 Å². The lowest BCUT2D eigenvalue weighted by Crippen LogP contribution is -2.10. The average Bonchev–Trinajstić information content (AvgIpc) is 2.29. The Labute approximate surface area is 96.0 Å². The van der Waals surface area contributed by atoms with E-state index in [4.69, 9.17) is 4.74 Å². The normalized spacial score (nSPS) is 10.4. The smallest absolute Gasteiger partial charge is 0.332 e. The molecule has 0 atom stereocenters. The Hall–Kier alpha value is -2.37. The summed E-state index contributed by atoms with van der Waals surface area (Å²) >= 11 is 0. The van der Waals surface area contributed by atoms with Crippen LogP contribution in [-0.4, -0.2) is 16.5 Å². The molecule has 2 rings (SSSR count). The fraction of sp³-hybridized carbons (Fsp3) is 0.182. The van der Waals surface area contributed by atoms with E-state index in [2.05, 4.69) is 4.98 Å². The number of fused-ring (bicyclic) bond motifs is 1. The molecule has 1 aromatic carbocycles. The third-order valence-corrected chi connectivity index (χ3v) is 2.35. The molecule has 0 aliphatic carbocycles. The molecule has 1 N–H and O–H groups in total. The molecule has 6 nitrogen and oxygen atoms in total. The summed E-state index contributed by atoms with van der Waals surface area (Å²) in [7, 11) is 0. The molecule has 0 aliphatic heterocycles. The number of hydrogen-bond acceptors (Lipinski definition) is 4. The molecule has 17 heavy (non-hydrogen) atoms. The summed E-state index contributed by atoms with van der Waals surface area (Å²) in [5.74, 6) is 0.356. The number of nitrogens with zero attached hydrogens (tertiary/aromatic N) is 1. The number of nitrogens with one attached hydrogen (secondary N) is 1. The van der Waals surface area contributed by atoms with Crippen molar-refractivity contribution >= 4 is 16.6 Å². The molecule has 2 aromatic rings. The zero-order valence-corrected chi connectivity index (χ0v) is 9.10. The van der Waals surface area contributed by atoms with Crippen LogP contribution in [0.15, 0.2) is 29.2 Å². The van der Waals surface area contributed by atoms with Gasteiger partial charge in [-0.1, -0.05) is 6.07 Å². The van der Waals surface area contributed by atoms with Gasteiger partial charge in [0.05, 0.1) is 28.6 Å². The minimum absolute atomic E-state index is 0.212. The van der Waals surface area contributed by atoms with Gasteiger partial charge in [-0.05, 0) is 19.1 Å². The zero-order valence-electron chi connectivity index (χ0n) is 9.10. The number of hydrogen-bond donors (Lipinski definition) is 1. The van der Waals surface area contributed by atoms with E-state index in [1.165, 1.54) is 0 Å². The number of nitro groups is 1. The van der Waals surface area contributed by atoms with Crippen molar-refractivity contribution < 1.29 is 9.66 Å². The van der Waals surface area contributed by atoms with Crippen LogP contribution in [0.2, 0.25) is 0 Å². The molecule has 88 valence electrons. The van der Waals surface area contributed by atoms with Crippen molar-refractivity contribution in [1.29, 1.82) is 0 Å². The Morgan fingerprint density at radius 2 is 2.24 bits per heavy atom. The first kappa shape index (κ1) is 11.1. The van der Waals surface area contributed by atoms with Gasteiger partial charge >= 0.3 is 5.69 Å². The molecule has 0 saturated heterocycles. The van der Waals surface area contributed by atoms with Gasteiger partial charge in [0.1, 0.15) is 5.75 Å². The Morgan fingerprint density at radius 3 is 2.88 bits per heavy atom. The number of benzene rings is 1. The van der Waals surface area contributed by atoms with Crippen molar-refractivity contribution in [3.8, 4) is 5.75 Å². The van der Waals surface area contributed by atoms with Crippen molar-refractivity contribution in [3.05, 3.63) is 44.7 Å². The molecule has 0 unspecified atom stereocenters. The molecule has 6 heteroatoms. The van der Waals surface area contributed by atoms with E-state index >= 15 is 0 Å². The second kappa shape index (κ2) is 4.25. The number of rotatable bonds is 3. The first-order valence-corrected chi connectivity index (χ1v) is 5.06. The van der Waals surface area contributed by atoms with Gasteiger partial charge in [0.15, 0.2) is 0 Å². The van der Waals surface area contributed by atoms with Crippen molar-refractivity contribution in [2.45, 2.75) is 6.92 Å². The zero-order chi connectivity index (χ0) is 12.4. The second-order valence-electron chi connectivity index (χ2n) is 3.37. The molecule has 0 amide bonds. The van der Waals surface area contributed by atoms with Gasteiger partial charge < -0.3 is 9.72 Å². The topological polar surface area (TPSA) is 85.2 Å². The number of pyridine rings is 1. The molecule has 0 aliphatic rings. The minimum Gasteiger partial charge on any atom is -0.493 e. The maximum Gasteiger partial charge on any atom is 0.332 e. The molecule has 0 fully saturated rings. The number of H-pyrrole nitrogens is 1. The fourth-order valence-corrected chi connectivity index (χ4v) is 1.64. The van der Waals surface area contributed by atoms with E-state index in [9.17, 15) is 14.9 Å². The van der Waals surface area contributed by atoms with Gasteiger partial charge in [-0.2, -0.15) is 0 Å². The van der Waals surface area contributed by atoms with Crippen molar-refractivity contribution in [3.63, 3.8) is 0 Å². The van der Waals surface area contributed by atoms with Crippen LogP contribution in [-0.2, 0) is 0 Å². The first-order valence-electron chi connectivity index (χ1n) is 5.06. The molecular weight excluding hydrogens is 224 g/mol. The summed E-state index contributed by atoms with van der Waals surface area (Å²) in [6.07, 6.45) is 1.10. The summed E-state index contributed by atoms with van der Waals surface area (Å²) in [6.45, 7) is 2.17. The Balaban J connectivity index is 2.82. The summed E-state index contributed by atoms with van der Waals surface area (Å²) in [4.78, 5) is 24.6. The van der Waals surface area contributed by atoms with Crippen LogP contribution in [0.25, 0.3) is 10.9 Å². The van der Waals surface area contributed by atoms with Gasteiger partial charge in [0, 0.05) is 0 Å². The second-order valence-corrected chi connectivity index (χ2v) is 3.37. The van der Waals surface area contributed by atoms with Crippen LogP contribution in [0, 0.1) is 10.1 Å². The molecule has 0 spiro atoms. The summed E-state index contributed by atoms with van der Waals surface area (Å²) < 4.78 is 5.29. The average molecular weight is 234 g/mol. The van der Waals surface area contributed by atoms with Crippen LogP contribution in [0.1, 0.15) is 6.92 Å².